The van der Waals surface area contributed by atoms with Gasteiger partial charge in [0, 0.05) is 24.5 Å². The van der Waals surface area contributed by atoms with Crippen molar-refractivity contribution in [3.63, 3.8) is 0 Å². The zero-order valence-corrected chi connectivity index (χ0v) is 19.5. The van der Waals surface area contributed by atoms with Gasteiger partial charge >= 0.3 is 0 Å². The molecule has 0 saturated carbocycles. The van der Waals surface area contributed by atoms with Crippen LogP contribution in [-0.4, -0.2) is 52.3 Å². The molecule has 4 rings (SSSR count). The number of nitrogens with zero attached hydrogens (tertiary/aromatic N) is 5. The maximum absolute atomic E-state index is 15.2. The van der Waals surface area contributed by atoms with Gasteiger partial charge in [0.25, 0.3) is 0 Å². The highest BCUT2D eigenvalue weighted by molar-refractivity contribution is 7.92. The molecule has 10 nitrogen and oxygen atoms in total. The highest BCUT2D eigenvalue weighted by Crippen LogP contribution is 2.30. The summed E-state index contributed by atoms with van der Waals surface area (Å²) < 4.78 is 53.8. The molecule has 0 aliphatic heterocycles. The van der Waals surface area contributed by atoms with Crippen LogP contribution in [0.3, 0.4) is 0 Å². The molecule has 0 aliphatic carbocycles. The lowest BCUT2D eigenvalue weighted by Crippen LogP contribution is -2.18. The van der Waals surface area contributed by atoms with Crippen LogP contribution in [0.1, 0.15) is 13.3 Å². The van der Waals surface area contributed by atoms with Crippen LogP contribution in [0.15, 0.2) is 42.7 Å². The first-order chi connectivity index (χ1) is 16.8. The quantitative estimate of drug-likeness (QED) is 0.314. The summed E-state index contributed by atoms with van der Waals surface area (Å²) in [6.07, 6.45) is 2.96. The van der Waals surface area contributed by atoms with Crippen molar-refractivity contribution < 1.29 is 17.2 Å². The Kier molecular flexibility index (Phi) is 6.96. The van der Waals surface area contributed by atoms with Crippen molar-refractivity contribution in [2.24, 2.45) is 0 Å². The van der Waals surface area contributed by atoms with Gasteiger partial charge < -0.3 is 11.1 Å². The number of rotatable bonds is 9. The molecular weight excluding hydrogens is 478 g/mol. The van der Waals surface area contributed by atoms with Crippen LogP contribution in [0.5, 0.6) is 0 Å². The summed E-state index contributed by atoms with van der Waals surface area (Å²) in [4.78, 5) is 21.6. The largest absolute Gasteiger partial charge is 0.382 e. The molecule has 0 amide bonds. The Morgan fingerprint density at radius 3 is 2.54 bits per heavy atom. The first kappa shape index (κ1) is 24.1. The van der Waals surface area contributed by atoms with E-state index in [9.17, 15) is 12.8 Å². The Labute approximate surface area is 200 Å². The number of anilines is 3. The zero-order chi connectivity index (χ0) is 25.0. The Morgan fingerprint density at radius 1 is 1.06 bits per heavy atom. The SMILES string of the molecule is CCNc1ncc(-c2nc(N)c3nc(-c4cccc(NS(=O)(=O)CCCF)c4F)ccc3n2)cn1. The summed E-state index contributed by atoms with van der Waals surface area (Å²) in [7, 11) is -3.90. The minimum Gasteiger partial charge on any atom is -0.382 e. The minimum absolute atomic E-state index is 0.0495. The number of nitrogen functional groups attached to an aromatic ring is 1. The average molecular weight is 501 g/mol. The van der Waals surface area contributed by atoms with E-state index in [-0.39, 0.29) is 34.7 Å². The number of halogens is 2. The molecule has 4 aromatic rings. The van der Waals surface area contributed by atoms with Crippen molar-refractivity contribution in [1.29, 1.82) is 0 Å². The molecule has 0 radical (unpaired) electrons. The smallest absolute Gasteiger partial charge is 0.232 e. The maximum atomic E-state index is 15.2. The topological polar surface area (TPSA) is 149 Å². The molecule has 182 valence electrons. The number of nitrogens with one attached hydrogen (secondary N) is 2. The Hall–Kier alpha value is -4.00. The number of benzene rings is 1. The first-order valence-electron chi connectivity index (χ1n) is 10.7. The van der Waals surface area contributed by atoms with E-state index in [4.69, 9.17) is 5.73 Å². The number of alkyl halides is 1. The van der Waals surface area contributed by atoms with E-state index in [1.54, 1.807) is 24.5 Å². The number of sulfonamides is 1. The Balaban J connectivity index is 1.67. The van der Waals surface area contributed by atoms with Crippen molar-refractivity contribution in [2.75, 3.05) is 34.7 Å². The molecule has 35 heavy (non-hydrogen) atoms. The van der Waals surface area contributed by atoms with Crippen molar-refractivity contribution in [1.82, 2.24) is 24.9 Å². The zero-order valence-electron chi connectivity index (χ0n) is 18.7. The van der Waals surface area contributed by atoms with E-state index in [2.05, 4.69) is 35.0 Å². The molecule has 0 aliphatic rings. The summed E-state index contributed by atoms with van der Waals surface area (Å²) in [5.41, 5.74) is 7.37. The Bertz CT molecular complexity index is 1470. The molecule has 3 aromatic heterocycles. The van der Waals surface area contributed by atoms with E-state index in [0.717, 1.165) is 0 Å². The number of hydrogen-bond donors (Lipinski definition) is 3. The van der Waals surface area contributed by atoms with Gasteiger partial charge in [0.2, 0.25) is 16.0 Å². The van der Waals surface area contributed by atoms with Gasteiger partial charge in [0.15, 0.2) is 17.5 Å². The third-order valence-corrected chi connectivity index (χ3v) is 6.26. The molecule has 0 unspecified atom stereocenters. The summed E-state index contributed by atoms with van der Waals surface area (Å²) in [6.45, 7) is 1.83. The normalized spacial score (nSPS) is 11.5. The van der Waals surface area contributed by atoms with Crippen LogP contribution in [0.25, 0.3) is 33.7 Å². The predicted octanol–water partition coefficient (Wildman–Crippen LogP) is 3.40. The fraction of sp³-hybridized carbons (Fsp3) is 0.227. The molecule has 0 saturated heterocycles. The number of hydrogen-bond acceptors (Lipinski definition) is 9. The summed E-state index contributed by atoms with van der Waals surface area (Å²) in [6, 6.07) is 7.38. The molecule has 13 heteroatoms. The molecule has 0 fully saturated rings. The Morgan fingerprint density at radius 2 is 1.83 bits per heavy atom. The summed E-state index contributed by atoms with van der Waals surface area (Å²) in [5.74, 6) is -0.419. The minimum atomic E-state index is -3.90. The molecule has 0 spiro atoms. The van der Waals surface area contributed by atoms with E-state index < -0.39 is 28.3 Å². The number of pyridine rings is 1. The number of aromatic nitrogens is 5. The molecule has 0 bridgehead atoms. The van der Waals surface area contributed by atoms with Gasteiger partial charge in [-0.1, -0.05) is 6.07 Å². The van der Waals surface area contributed by atoms with Crippen molar-refractivity contribution in [2.45, 2.75) is 13.3 Å². The van der Waals surface area contributed by atoms with Gasteiger partial charge in [-0.25, -0.2) is 37.7 Å². The summed E-state index contributed by atoms with van der Waals surface area (Å²) >= 11 is 0. The molecule has 1 aromatic carbocycles. The molecule has 4 N–H and O–H groups in total. The second-order valence-electron chi connectivity index (χ2n) is 7.45. The average Bonchev–Trinajstić information content (AvgIpc) is 2.84. The number of nitrogens with two attached hydrogens (primary N) is 1. The lowest BCUT2D eigenvalue weighted by atomic mass is 10.1. The van der Waals surface area contributed by atoms with Crippen molar-refractivity contribution in [3.05, 3.63) is 48.5 Å². The maximum Gasteiger partial charge on any atom is 0.232 e. The van der Waals surface area contributed by atoms with Gasteiger partial charge in [-0.3, -0.25) is 9.11 Å². The monoisotopic (exact) mass is 500 g/mol. The van der Waals surface area contributed by atoms with Crippen molar-refractivity contribution >= 4 is 38.5 Å². The van der Waals surface area contributed by atoms with Crippen LogP contribution in [-0.2, 0) is 10.0 Å². The fourth-order valence-corrected chi connectivity index (χ4v) is 4.36. The van der Waals surface area contributed by atoms with Crippen LogP contribution in [0.2, 0.25) is 0 Å². The van der Waals surface area contributed by atoms with Gasteiger partial charge in [0.1, 0.15) is 5.52 Å². The first-order valence-corrected chi connectivity index (χ1v) is 12.3. The lowest BCUT2D eigenvalue weighted by Gasteiger charge is -2.12. The number of fused-ring (bicyclic) bond motifs is 1. The van der Waals surface area contributed by atoms with E-state index in [1.165, 1.54) is 18.2 Å². The van der Waals surface area contributed by atoms with Gasteiger partial charge in [-0.15, -0.1) is 0 Å². The van der Waals surface area contributed by atoms with Gasteiger partial charge in [0.05, 0.1) is 34.9 Å². The highest BCUT2D eigenvalue weighted by Gasteiger charge is 2.18. The van der Waals surface area contributed by atoms with E-state index >= 15 is 4.39 Å². The highest BCUT2D eigenvalue weighted by atomic mass is 32.2. The second-order valence-corrected chi connectivity index (χ2v) is 9.29. The second kappa shape index (κ2) is 10.1. The van der Waals surface area contributed by atoms with Crippen LogP contribution >= 0.6 is 0 Å². The van der Waals surface area contributed by atoms with E-state index in [0.29, 0.717) is 29.4 Å². The van der Waals surface area contributed by atoms with Gasteiger partial charge in [-0.2, -0.15) is 0 Å². The van der Waals surface area contributed by atoms with Crippen molar-refractivity contribution in [3.8, 4) is 22.6 Å². The van der Waals surface area contributed by atoms with Gasteiger partial charge in [-0.05, 0) is 37.6 Å². The van der Waals surface area contributed by atoms with E-state index in [1.807, 2.05) is 6.92 Å². The fourth-order valence-electron chi connectivity index (χ4n) is 3.28. The van der Waals surface area contributed by atoms with Crippen LogP contribution in [0, 0.1) is 5.82 Å². The predicted molar refractivity (Wildman–Crippen MR) is 130 cm³/mol. The summed E-state index contributed by atoms with van der Waals surface area (Å²) in [5, 5.41) is 3.00. The third-order valence-electron chi connectivity index (χ3n) is 4.90. The molecular formula is C22H22F2N8O2S. The van der Waals surface area contributed by atoms with Crippen LogP contribution < -0.4 is 15.8 Å². The third kappa shape index (κ3) is 5.40. The molecule has 0 atom stereocenters. The lowest BCUT2D eigenvalue weighted by molar-refractivity contribution is 0.484. The molecule has 3 heterocycles. The standard InChI is InChI=1S/C22H22F2N8O2S/c1-2-26-22-27-11-13(12-28-22)21-30-17-8-7-15(29-19(17)20(25)31-21)14-5-3-6-16(18(14)24)32-35(33,34)10-4-9-23/h3,5-8,11-12,32H,2,4,9-10H2,1H3,(H2,25,30,31)(H,26,27,28). The van der Waals surface area contributed by atoms with Crippen LogP contribution in [0.4, 0.5) is 26.2 Å².